The molecule has 1 N–H and O–H groups in total. The second kappa shape index (κ2) is 6.37. The molecule has 6 rings (SSSR count). The van der Waals surface area contributed by atoms with Crippen LogP contribution in [-0.2, 0) is 10.2 Å². The van der Waals surface area contributed by atoms with E-state index < -0.39 is 0 Å². The minimum atomic E-state index is -0.213. The van der Waals surface area contributed by atoms with Crippen LogP contribution in [0, 0.1) is 24.2 Å². The van der Waals surface area contributed by atoms with E-state index in [4.69, 9.17) is 4.74 Å². The van der Waals surface area contributed by atoms with Gasteiger partial charge in [-0.1, -0.05) is 29.8 Å². The number of methoxy groups -OCH3 is 1. The van der Waals surface area contributed by atoms with Gasteiger partial charge in [0.1, 0.15) is 5.75 Å². The van der Waals surface area contributed by atoms with E-state index in [1.54, 1.807) is 7.11 Å². The fourth-order valence-electron chi connectivity index (χ4n) is 6.71. The first-order valence-corrected chi connectivity index (χ1v) is 10.5. The molecule has 2 aromatic carbocycles. The summed E-state index contributed by atoms with van der Waals surface area (Å²) in [4.78, 5) is 13.5. The smallest absolute Gasteiger partial charge is 0.230 e. The summed E-state index contributed by atoms with van der Waals surface area (Å²) in [7, 11) is 1.66. The van der Waals surface area contributed by atoms with Gasteiger partial charge in [0, 0.05) is 5.69 Å². The van der Waals surface area contributed by atoms with Gasteiger partial charge in [-0.15, -0.1) is 0 Å². The molecule has 3 nitrogen and oxygen atoms in total. The van der Waals surface area contributed by atoms with E-state index >= 15 is 0 Å². The number of carbonyl (C=O) groups is 1. The molecular weight excluding hydrogens is 346 g/mol. The second-order valence-corrected chi connectivity index (χ2v) is 9.57. The predicted molar refractivity (Wildman–Crippen MR) is 112 cm³/mol. The van der Waals surface area contributed by atoms with Crippen molar-refractivity contribution in [3.05, 3.63) is 59.7 Å². The van der Waals surface area contributed by atoms with Crippen LogP contribution in [0.25, 0.3) is 0 Å². The molecule has 4 aliphatic carbocycles. The molecule has 0 aromatic heterocycles. The van der Waals surface area contributed by atoms with Crippen molar-refractivity contribution in [3.63, 3.8) is 0 Å². The zero-order valence-corrected chi connectivity index (χ0v) is 16.8. The molecule has 3 heteroatoms. The average molecular weight is 376 g/mol. The lowest BCUT2D eigenvalue weighted by molar-refractivity contribution is -0.143. The van der Waals surface area contributed by atoms with Crippen LogP contribution >= 0.6 is 0 Å². The third-order valence-corrected chi connectivity index (χ3v) is 7.55. The van der Waals surface area contributed by atoms with E-state index in [1.165, 1.54) is 30.4 Å². The molecule has 28 heavy (non-hydrogen) atoms. The number of benzene rings is 2. The van der Waals surface area contributed by atoms with Crippen molar-refractivity contribution in [3.8, 4) is 5.75 Å². The molecule has 4 bridgehead atoms. The summed E-state index contributed by atoms with van der Waals surface area (Å²) in [6.07, 6.45) is 6.93. The molecule has 0 saturated heterocycles. The summed E-state index contributed by atoms with van der Waals surface area (Å²) < 4.78 is 5.23. The van der Waals surface area contributed by atoms with Gasteiger partial charge in [-0.3, -0.25) is 4.79 Å². The van der Waals surface area contributed by atoms with E-state index in [0.717, 1.165) is 30.7 Å². The number of hydrogen-bond donors (Lipinski definition) is 1. The first-order valence-electron chi connectivity index (χ1n) is 10.5. The molecule has 0 radical (unpaired) electrons. The minimum Gasteiger partial charge on any atom is -0.497 e. The normalized spacial score (nSPS) is 32.9. The summed E-state index contributed by atoms with van der Waals surface area (Å²) >= 11 is 0. The van der Waals surface area contributed by atoms with Gasteiger partial charge in [0.25, 0.3) is 0 Å². The summed E-state index contributed by atoms with van der Waals surface area (Å²) in [5.41, 5.74) is 3.60. The molecule has 0 spiro atoms. The molecule has 0 aliphatic heterocycles. The van der Waals surface area contributed by atoms with Crippen molar-refractivity contribution in [1.82, 2.24) is 0 Å². The van der Waals surface area contributed by atoms with Gasteiger partial charge < -0.3 is 10.1 Å². The molecule has 2 atom stereocenters. The van der Waals surface area contributed by atoms with Crippen molar-refractivity contribution < 1.29 is 9.53 Å². The van der Waals surface area contributed by atoms with Gasteiger partial charge in [-0.2, -0.15) is 0 Å². The maximum absolute atomic E-state index is 13.5. The van der Waals surface area contributed by atoms with Gasteiger partial charge in [0.15, 0.2) is 0 Å². The first kappa shape index (κ1) is 17.8. The van der Waals surface area contributed by atoms with Gasteiger partial charge >= 0.3 is 0 Å². The Kier molecular flexibility index (Phi) is 4.04. The fourth-order valence-corrected chi connectivity index (χ4v) is 6.71. The number of amides is 1. The summed E-state index contributed by atoms with van der Waals surface area (Å²) in [5.74, 6) is 2.41. The standard InChI is InChI=1S/C25H29NO2/c1-17-3-5-20(6-4-17)24-12-18-11-19(13-24)15-25(14-18,16-24)23(27)26-21-7-9-22(28-2)10-8-21/h3-10,18-19H,11-16H2,1-2H3,(H,26,27)/t18-,19-,24?,25?/m0/s1. The van der Waals surface area contributed by atoms with E-state index in [1.807, 2.05) is 24.3 Å². The molecule has 4 saturated carbocycles. The molecule has 4 aliphatic rings. The van der Waals surface area contributed by atoms with Gasteiger partial charge in [-0.25, -0.2) is 0 Å². The van der Waals surface area contributed by atoms with Crippen molar-refractivity contribution >= 4 is 11.6 Å². The highest BCUT2D eigenvalue weighted by molar-refractivity contribution is 5.96. The lowest BCUT2D eigenvalue weighted by Gasteiger charge is -2.61. The van der Waals surface area contributed by atoms with Crippen LogP contribution in [0.15, 0.2) is 48.5 Å². The van der Waals surface area contributed by atoms with E-state index in [2.05, 4.69) is 36.5 Å². The number of rotatable bonds is 4. The Morgan fingerprint density at radius 3 is 2.21 bits per heavy atom. The number of anilines is 1. The highest BCUT2D eigenvalue weighted by Crippen LogP contribution is 2.66. The molecule has 1 amide bonds. The number of hydrogen-bond acceptors (Lipinski definition) is 2. The van der Waals surface area contributed by atoms with Crippen molar-refractivity contribution in [2.24, 2.45) is 17.3 Å². The first-order chi connectivity index (χ1) is 13.5. The predicted octanol–water partition coefficient (Wildman–Crippen LogP) is 5.48. The Labute approximate surface area is 167 Å². The Morgan fingerprint density at radius 1 is 0.964 bits per heavy atom. The van der Waals surface area contributed by atoms with E-state index in [9.17, 15) is 4.79 Å². The zero-order chi connectivity index (χ0) is 19.4. The SMILES string of the molecule is COc1ccc(NC(=O)C23C[C@H]4C[C@H](C2)CC(c2ccc(C)cc2)(C4)C3)cc1. The molecule has 146 valence electrons. The van der Waals surface area contributed by atoms with Crippen LogP contribution in [0.3, 0.4) is 0 Å². The lowest BCUT2D eigenvalue weighted by atomic mass is 9.42. The Balaban J connectivity index is 1.44. The number of carbonyl (C=O) groups excluding carboxylic acids is 1. The molecule has 2 aromatic rings. The third-order valence-electron chi connectivity index (χ3n) is 7.55. The topological polar surface area (TPSA) is 38.3 Å². The third kappa shape index (κ3) is 2.83. The quantitative estimate of drug-likeness (QED) is 0.768. The zero-order valence-electron chi connectivity index (χ0n) is 16.8. The van der Waals surface area contributed by atoms with Gasteiger partial charge in [0.05, 0.1) is 12.5 Å². The molecule has 0 unspecified atom stereocenters. The Bertz CT molecular complexity index is 870. The Morgan fingerprint density at radius 2 is 1.61 bits per heavy atom. The highest BCUT2D eigenvalue weighted by Gasteiger charge is 2.60. The van der Waals surface area contributed by atoms with Crippen LogP contribution in [0.4, 0.5) is 5.69 Å². The maximum Gasteiger partial charge on any atom is 0.230 e. The van der Waals surface area contributed by atoms with E-state index in [-0.39, 0.29) is 16.7 Å². The van der Waals surface area contributed by atoms with Crippen molar-refractivity contribution in [2.75, 3.05) is 12.4 Å². The molecule has 0 heterocycles. The number of ether oxygens (including phenoxy) is 1. The fraction of sp³-hybridized carbons (Fsp3) is 0.480. The van der Waals surface area contributed by atoms with E-state index in [0.29, 0.717) is 11.8 Å². The number of aryl methyl sites for hydroxylation is 1. The van der Waals surface area contributed by atoms with Crippen LogP contribution in [0.5, 0.6) is 5.75 Å². The largest absolute Gasteiger partial charge is 0.497 e. The monoisotopic (exact) mass is 375 g/mol. The highest BCUT2D eigenvalue weighted by atomic mass is 16.5. The van der Waals surface area contributed by atoms with Crippen LogP contribution in [0.1, 0.15) is 49.7 Å². The second-order valence-electron chi connectivity index (χ2n) is 9.57. The maximum atomic E-state index is 13.5. The summed E-state index contributed by atoms with van der Waals surface area (Å²) in [6.45, 7) is 2.15. The Hall–Kier alpha value is -2.29. The summed E-state index contributed by atoms with van der Waals surface area (Å²) in [5, 5.41) is 3.23. The van der Waals surface area contributed by atoms with Crippen molar-refractivity contribution in [1.29, 1.82) is 0 Å². The average Bonchev–Trinajstić information content (AvgIpc) is 2.68. The van der Waals surface area contributed by atoms with Gasteiger partial charge in [-0.05, 0) is 92.5 Å². The van der Waals surface area contributed by atoms with Crippen molar-refractivity contribution in [2.45, 2.75) is 50.9 Å². The molecular formula is C25H29NO2. The summed E-state index contributed by atoms with van der Waals surface area (Å²) in [6, 6.07) is 16.8. The van der Waals surface area contributed by atoms with Crippen LogP contribution in [-0.4, -0.2) is 13.0 Å². The van der Waals surface area contributed by atoms with Crippen LogP contribution < -0.4 is 10.1 Å². The lowest BCUT2D eigenvalue weighted by Crippen LogP contribution is -2.57. The van der Waals surface area contributed by atoms with Gasteiger partial charge in [0.2, 0.25) is 5.91 Å². The number of nitrogens with one attached hydrogen (secondary N) is 1. The van der Waals surface area contributed by atoms with Crippen LogP contribution in [0.2, 0.25) is 0 Å². The minimum absolute atomic E-state index is 0.190. The molecule has 4 fully saturated rings.